The van der Waals surface area contributed by atoms with Gasteiger partial charge in [-0.25, -0.2) is 9.78 Å². The third kappa shape index (κ3) is 1.95. The number of rotatable bonds is 2. The van der Waals surface area contributed by atoms with E-state index in [-0.39, 0.29) is 5.91 Å². The summed E-state index contributed by atoms with van der Waals surface area (Å²) in [5.74, 6) is 0.108. The zero-order valence-corrected chi connectivity index (χ0v) is 8.46. The number of hydrogen-bond acceptors (Lipinski definition) is 3. The summed E-state index contributed by atoms with van der Waals surface area (Å²) in [4.78, 5) is 27.4. The van der Waals surface area contributed by atoms with Gasteiger partial charge in [0.05, 0.1) is 0 Å². The number of hydrogen-bond donors (Lipinski definition) is 2. The molecule has 2 rings (SSSR count). The first kappa shape index (κ1) is 10.4. The second kappa shape index (κ2) is 4.18. The molecule has 1 unspecified atom stereocenters. The molecule has 1 aliphatic rings. The van der Waals surface area contributed by atoms with Crippen molar-refractivity contribution in [1.29, 1.82) is 0 Å². The Bertz CT molecular complexity index is 407. The summed E-state index contributed by atoms with van der Waals surface area (Å²) >= 11 is 0. The molecular formula is C10H11N3O3. The van der Waals surface area contributed by atoms with E-state index in [2.05, 4.69) is 10.3 Å². The molecule has 2 heterocycles. The van der Waals surface area contributed by atoms with E-state index in [1.165, 1.54) is 0 Å². The van der Waals surface area contributed by atoms with Crippen LogP contribution in [0.2, 0.25) is 0 Å². The Morgan fingerprint density at radius 1 is 1.50 bits per heavy atom. The molecular weight excluding hydrogens is 210 g/mol. The van der Waals surface area contributed by atoms with Gasteiger partial charge in [-0.3, -0.25) is 9.69 Å². The van der Waals surface area contributed by atoms with Crippen molar-refractivity contribution < 1.29 is 14.7 Å². The van der Waals surface area contributed by atoms with Crippen LogP contribution in [0.5, 0.6) is 0 Å². The summed E-state index contributed by atoms with van der Waals surface area (Å²) in [6.07, 6.45) is 1.06. The Morgan fingerprint density at radius 3 is 2.81 bits per heavy atom. The van der Waals surface area contributed by atoms with Gasteiger partial charge in [0.2, 0.25) is 5.91 Å². The third-order valence-electron chi connectivity index (χ3n) is 2.48. The molecule has 2 N–H and O–H groups in total. The van der Waals surface area contributed by atoms with Crippen LogP contribution in [0.3, 0.4) is 0 Å². The minimum atomic E-state index is -1.06. The number of nitrogens with one attached hydrogen (secondary N) is 1. The fraction of sp³-hybridized carbons (Fsp3) is 0.300. The van der Waals surface area contributed by atoms with Crippen LogP contribution in [0.25, 0.3) is 0 Å². The first-order valence-electron chi connectivity index (χ1n) is 4.90. The molecule has 1 saturated heterocycles. The first-order valence-corrected chi connectivity index (χ1v) is 4.90. The molecule has 1 fully saturated rings. The molecule has 0 spiro atoms. The Morgan fingerprint density at radius 2 is 2.31 bits per heavy atom. The van der Waals surface area contributed by atoms with Crippen molar-refractivity contribution in [2.24, 2.45) is 0 Å². The summed E-state index contributed by atoms with van der Waals surface area (Å²) in [7, 11) is 0. The van der Waals surface area contributed by atoms with Crippen molar-refractivity contribution in [1.82, 2.24) is 9.88 Å². The number of likely N-dealkylation sites (tertiary alicyclic amines) is 1. The molecule has 1 aliphatic heterocycles. The molecule has 0 aromatic carbocycles. The Labute approximate surface area is 91.9 Å². The van der Waals surface area contributed by atoms with Gasteiger partial charge in [0.1, 0.15) is 11.9 Å². The maximum Gasteiger partial charge on any atom is 0.407 e. The maximum absolute atomic E-state index is 11.7. The molecule has 6 nitrogen and oxygen atoms in total. The van der Waals surface area contributed by atoms with Crippen molar-refractivity contribution in [2.45, 2.75) is 12.5 Å². The minimum Gasteiger partial charge on any atom is -0.465 e. The summed E-state index contributed by atoms with van der Waals surface area (Å²) in [5, 5.41) is 11.3. The standard InChI is InChI=1S/C10H11N3O3/c14-9(7-4-6-13(7)10(15)16)12-8-3-1-2-5-11-8/h1-3,5,7H,4,6H2,(H,15,16)(H,11,12,14). The van der Waals surface area contributed by atoms with Gasteiger partial charge in [-0.15, -0.1) is 0 Å². The number of carbonyl (C=O) groups excluding carboxylic acids is 1. The predicted octanol–water partition coefficient (Wildman–Crippen LogP) is 0.772. The van der Waals surface area contributed by atoms with E-state index in [1.54, 1.807) is 24.4 Å². The smallest absolute Gasteiger partial charge is 0.407 e. The number of amides is 2. The van der Waals surface area contributed by atoms with Crippen LogP contribution < -0.4 is 5.32 Å². The van der Waals surface area contributed by atoms with Crippen LogP contribution in [0.1, 0.15) is 6.42 Å². The number of pyridine rings is 1. The van der Waals surface area contributed by atoms with Crippen molar-refractivity contribution >= 4 is 17.8 Å². The van der Waals surface area contributed by atoms with E-state index in [0.717, 1.165) is 4.90 Å². The minimum absolute atomic E-state index is 0.327. The second-order valence-electron chi connectivity index (χ2n) is 3.48. The SMILES string of the molecule is O=C(Nc1ccccn1)C1CCN1C(=O)O. The average molecular weight is 221 g/mol. The van der Waals surface area contributed by atoms with E-state index in [0.29, 0.717) is 18.8 Å². The van der Waals surface area contributed by atoms with Crippen LogP contribution >= 0.6 is 0 Å². The third-order valence-corrected chi connectivity index (χ3v) is 2.48. The highest BCUT2D eigenvalue weighted by Gasteiger charge is 2.37. The van der Waals surface area contributed by atoms with Crippen molar-refractivity contribution in [2.75, 3.05) is 11.9 Å². The lowest BCUT2D eigenvalue weighted by Gasteiger charge is -2.37. The van der Waals surface area contributed by atoms with Gasteiger partial charge in [0.15, 0.2) is 0 Å². The van der Waals surface area contributed by atoms with E-state index < -0.39 is 12.1 Å². The lowest BCUT2D eigenvalue weighted by Crippen LogP contribution is -2.56. The largest absolute Gasteiger partial charge is 0.465 e. The lowest BCUT2D eigenvalue weighted by molar-refractivity contribution is -0.124. The summed E-state index contributed by atoms with van der Waals surface area (Å²) in [5.41, 5.74) is 0. The maximum atomic E-state index is 11.7. The van der Waals surface area contributed by atoms with Crippen molar-refractivity contribution in [3.05, 3.63) is 24.4 Å². The summed E-state index contributed by atoms with van der Waals surface area (Å²) in [6.45, 7) is 0.412. The number of nitrogens with zero attached hydrogens (tertiary/aromatic N) is 2. The Kier molecular flexibility index (Phi) is 2.72. The molecule has 6 heteroatoms. The molecule has 84 valence electrons. The molecule has 1 atom stereocenters. The number of anilines is 1. The molecule has 0 saturated carbocycles. The summed E-state index contributed by atoms with van der Waals surface area (Å²) in [6, 6.07) is 4.56. The highest BCUT2D eigenvalue weighted by molar-refractivity contribution is 5.96. The predicted molar refractivity (Wildman–Crippen MR) is 56.0 cm³/mol. The van der Waals surface area contributed by atoms with Crippen LogP contribution in [0.15, 0.2) is 24.4 Å². The van der Waals surface area contributed by atoms with Gasteiger partial charge in [-0.2, -0.15) is 0 Å². The average Bonchev–Trinajstić information content (AvgIpc) is 2.16. The number of carboxylic acid groups (broad SMARTS) is 1. The van der Waals surface area contributed by atoms with Crippen LogP contribution in [-0.4, -0.2) is 39.6 Å². The van der Waals surface area contributed by atoms with E-state index in [9.17, 15) is 9.59 Å². The van der Waals surface area contributed by atoms with Gasteiger partial charge in [0, 0.05) is 12.7 Å². The van der Waals surface area contributed by atoms with Gasteiger partial charge in [-0.05, 0) is 18.6 Å². The van der Waals surface area contributed by atoms with Crippen molar-refractivity contribution in [3.63, 3.8) is 0 Å². The second-order valence-corrected chi connectivity index (χ2v) is 3.48. The highest BCUT2D eigenvalue weighted by atomic mass is 16.4. The van der Waals surface area contributed by atoms with Crippen LogP contribution in [0, 0.1) is 0 Å². The molecule has 16 heavy (non-hydrogen) atoms. The molecule has 0 aliphatic carbocycles. The normalized spacial score (nSPS) is 18.8. The molecule has 0 bridgehead atoms. The zero-order valence-electron chi connectivity index (χ0n) is 8.46. The van der Waals surface area contributed by atoms with Gasteiger partial charge < -0.3 is 10.4 Å². The highest BCUT2D eigenvalue weighted by Crippen LogP contribution is 2.18. The van der Waals surface area contributed by atoms with Gasteiger partial charge >= 0.3 is 6.09 Å². The van der Waals surface area contributed by atoms with Crippen LogP contribution in [0.4, 0.5) is 10.6 Å². The van der Waals surface area contributed by atoms with E-state index >= 15 is 0 Å². The van der Waals surface area contributed by atoms with E-state index in [4.69, 9.17) is 5.11 Å². The fourth-order valence-corrected chi connectivity index (χ4v) is 1.54. The number of aromatic nitrogens is 1. The van der Waals surface area contributed by atoms with Gasteiger partial charge in [-0.1, -0.05) is 6.07 Å². The molecule has 1 aromatic heterocycles. The van der Waals surface area contributed by atoms with Crippen LogP contribution in [-0.2, 0) is 4.79 Å². The Balaban J connectivity index is 1.97. The lowest BCUT2D eigenvalue weighted by atomic mass is 10.0. The number of carbonyl (C=O) groups is 2. The molecule has 1 aromatic rings. The monoisotopic (exact) mass is 221 g/mol. The topological polar surface area (TPSA) is 82.5 Å². The fourth-order valence-electron chi connectivity index (χ4n) is 1.54. The first-order chi connectivity index (χ1) is 7.68. The quantitative estimate of drug-likeness (QED) is 0.772. The summed E-state index contributed by atoms with van der Waals surface area (Å²) < 4.78 is 0. The van der Waals surface area contributed by atoms with E-state index in [1.807, 2.05) is 0 Å². The zero-order chi connectivity index (χ0) is 11.5. The molecule has 2 amide bonds. The Hall–Kier alpha value is -2.11. The molecule has 0 radical (unpaired) electrons. The van der Waals surface area contributed by atoms with Crippen molar-refractivity contribution in [3.8, 4) is 0 Å². The van der Waals surface area contributed by atoms with Gasteiger partial charge in [0.25, 0.3) is 0 Å².